The Kier molecular flexibility index (Phi) is 2.82. The van der Waals surface area contributed by atoms with E-state index in [4.69, 9.17) is 15.2 Å². The van der Waals surface area contributed by atoms with Gasteiger partial charge in [-0.1, -0.05) is 0 Å². The predicted molar refractivity (Wildman–Crippen MR) is 59.7 cm³/mol. The Bertz CT molecular complexity index is 374. The second-order valence-corrected chi connectivity index (χ2v) is 3.85. The van der Waals surface area contributed by atoms with Gasteiger partial charge in [0.25, 0.3) is 0 Å². The quantitative estimate of drug-likeness (QED) is 0.800. The lowest BCUT2D eigenvalue weighted by atomic mass is 9.99. The standard InChI is InChI=1S/C12H17NO2/c1-8-9(2)12-11(14-5-6-15-12)7-10(8)3-4-13/h7H,3-6,13H2,1-2H3. The topological polar surface area (TPSA) is 44.5 Å². The van der Waals surface area contributed by atoms with Crippen molar-refractivity contribution in [3.05, 3.63) is 22.8 Å². The van der Waals surface area contributed by atoms with Gasteiger partial charge in [0, 0.05) is 0 Å². The number of nitrogens with two attached hydrogens (primary N) is 1. The summed E-state index contributed by atoms with van der Waals surface area (Å²) in [5.41, 5.74) is 9.29. The van der Waals surface area contributed by atoms with Crippen molar-refractivity contribution in [3.8, 4) is 11.5 Å². The average molecular weight is 207 g/mol. The van der Waals surface area contributed by atoms with Gasteiger partial charge in [-0.05, 0) is 49.6 Å². The van der Waals surface area contributed by atoms with E-state index >= 15 is 0 Å². The molecule has 15 heavy (non-hydrogen) atoms. The first-order chi connectivity index (χ1) is 7.24. The van der Waals surface area contributed by atoms with Crippen molar-refractivity contribution in [3.63, 3.8) is 0 Å². The Labute approximate surface area is 90.2 Å². The molecule has 0 spiro atoms. The van der Waals surface area contributed by atoms with Gasteiger partial charge in [-0.15, -0.1) is 0 Å². The van der Waals surface area contributed by atoms with Gasteiger partial charge < -0.3 is 15.2 Å². The number of hydrogen-bond donors (Lipinski definition) is 1. The molecule has 1 aliphatic rings. The van der Waals surface area contributed by atoms with E-state index in [-0.39, 0.29) is 0 Å². The van der Waals surface area contributed by atoms with Gasteiger partial charge in [0.15, 0.2) is 11.5 Å². The molecule has 0 aromatic heterocycles. The molecule has 1 aliphatic heterocycles. The number of fused-ring (bicyclic) bond motifs is 1. The maximum Gasteiger partial charge on any atom is 0.164 e. The lowest BCUT2D eigenvalue weighted by Crippen LogP contribution is -2.17. The van der Waals surface area contributed by atoms with E-state index in [1.807, 2.05) is 0 Å². The second-order valence-electron chi connectivity index (χ2n) is 3.85. The van der Waals surface area contributed by atoms with Crippen molar-refractivity contribution in [2.24, 2.45) is 5.73 Å². The highest BCUT2D eigenvalue weighted by molar-refractivity contribution is 5.54. The average Bonchev–Trinajstić information content (AvgIpc) is 2.26. The van der Waals surface area contributed by atoms with E-state index in [2.05, 4.69) is 19.9 Å². The molecule has 82 valence electrons. The predicted octanol–water partition coefficient (Wildman–Crippen LogP) is 1.58. The van der Waals surface area contributed by atoms with Crippen LogP contribution in [0.3, 0.4) is 0 Å². The van der Waals surface area contributed by atoms with Crippen LogP contribution >= 0.6 is 0 Å². The van der Waals surface area contributed by atoms with Crippen molar-refractivity contribution < 1.29 is 9.47 Å². The van der Waals surface area contributed by atoms with Crippen LogP contribution in [0.1, 0.15) is 16.7 Å². The van der Waals surface area contributed by atoms with Crippen LogP contribution in [0, 0.1) is 13.8 Å². The number of rotatable bonds is 2. The lowest BCUT2D eigenvalue weighted by molar-refractivity contribution is 0.170. The molecule has 0 unspecified atom stereocenters. The molecule has 0 bridgehead atoms. The molecule has 0 aliphatic carbocycles. The van der Waals surface area contributed by atoms with E-state index in [1.165, 1.54) is 16.7 Å². The maximum absolute atomic E-state index is 5.61. The highest BCUT2D eigenvalue weighted by Crippen LogP contribution is 2.37. The highest BCUT2D eigenvalue weighted by Gasteiger charge is 2.17. The first kappa shape index (κ1) is 10.3. The Hall–Kier alpha value is -1.22. The van der Waals surface area contributed by atoms with Gasteiger partial charge in [-0.2, -0.15) is 0 Å². The summed E-state index contributed by atoms with van der Waals surface area (Å²) in [6, 6.07) is 2.06. The third kappa shape index (κ3) is 1.79. The van der Waals surface area contributed by atoms with Crippen LogP contribution < -0.4 is 15.2 Å². The molecule has 0 atom stereocenters. The van der Waals surface area contributed by atoms with Crippen molar-refractivity contribution in [2.45, 2.75) is 20.3 Å². The van der Waals surface area contributed by atoms with Gasteiger partial charge in [-0.25, -0.2) is 0 Å². The third-order valence-electron chi connectivity index (χ3n) is 2.91. The first-order valence-electron chi connectivity index (χ1n) is 5.32. The van der Waals surface area contributed by atoms with E-state index in [1.54, 1.807) is 0 Å². The summed E-state index contributed by atoms with van der Waals surface area (Å²) in [7, 11) is 0. The summed E-state index contributed by atoms with van der Waals surface area (Å²) in [4.78, 5) is 0. The molecule has 0 saturated heterocycles. The summed E-state index contributed by atoms with van der Waals surface area (Å²) in [5.74, 6) is 1.77. The molecule has 2 N–H and O–H groups in total. The minimum Gasteiger partial charge on any atom is -0.486 e. The van der Waals surface area contributed by atoms with E-state index in [0.29, 0.717) is 19.8 Å². The SMILES string of the molecule is Cc1c(CCN)cc2c(c1C)OCCO2. The van der Waals surface area contributed by atoms with Crippen LogP contribution in [0.15, 0.2) is 6.07 Å². The molecule has 1 aromatic carbocycles. The largest absolute Gasteiger partial charge is 0.486 e. The van der Waals surface area contributed by atoms with Gasteiger partial charge in [-0.3, -0.25) is 0 Å². The number of ether oxygens (including phenoxy) is 2. The zero-order valence-electron chi connectivity index (χ0n) is 9.30. The lowest BCUT2D eigenvalue weighted by Gasteiger charge is -2.23. The van der Waals surface area contributed by atoms with Gasteiger partial charge in [0.2, 0.25) is 0 Å². The Morgan fingerprint density at radius 2 is 1.93 bits per heavy atom. The van der Waals surface area contributed by atoms with Crippen molar-refractivity contribution >= 4 is 0 Å². The van der Waals surface area contributed by atoms with Crippen LogP contribution in [0.25, 0.3) is 0 Å². The molecule has 0 saturated carbocycles. The fourth-order valence-corrected chi connectivity index (χ4v) is 1.93. The van der Waals surface area contributed by atoms with E-state index in [0.717, 1.165) is 17.9 Å². The molecule has 1 aromatic rings. The molecule has 0 amide bonds. The number of benzene rings is 1. The van der Waals surface area contributed by atoms with Crippen LogP contribution in [0.4, 0.5) is 0 Å². The molecule has 3 nitrogen and oxygen atoms in total. The van der Waals surface area contributed by atoms with E-state index in [9.17, 15) is 0 Å². The van der Waals surface area contributed by atoms with Crippen molar-refractivity contribution in [1.29, 1.82) is 0 Å². The summed E-state index contributed by atoms with van der Waals surface area (Å²) in [6.07, 6.45) is 0.892. The summed E-state index contributed by atoms with van der Waals surface area (Å²) in [5, 5.41) is 0. The molecule has 0 fully saturated rings. The minimum atomic E-state index is 0.636. The van der Waals surface area contributed by atoms with Gasteiger partial charge in [0.05, 0.1) is 0 Å². The van der Waals surface area contributed by atoms with Gasteiger partial charge in [0.1, 0.15) is 13.2 Å². The van der Waals surface area contributed by atoms with Crippen LogP contribution in [-0.2, 0) is 6.42 Å². The normalized spacial score (nSPS) is 14.1. The maximum atomic E-state index is 5.61. The zero-order chi connectivity index (χ0) is 10.8. The molecular weight excluding hydrogens is 190 g/mol. The third-order valence-corrected chi connectivity index (χ3v) is 2.91. The van der Waals surface area contributed by atoms with Gasteiger partial charge >= 0.3 is 0 Å². The molecule has 3 heteroatoms. The number of hydrogen-bond acceptors (Lipinski definition) is 3. The molecule has 0 radical (unpaired) electrons. The first-order valence-corrected chi connectivity index (χ1v) is 5.32. The summed E-state index contributed by atoms with van der Waals surface area (Å²) >= 11 is 0. The molecular formula is C12H17NO2. The summed E-state index contributed by atoms with van der Waals surface area (Å²) < 4.78 is 11.2. The minimum absolute atomic E-state index is 0.636. The smallest absolute Gasteiger partial charge is 0.164 e. The Balaban J connectivity index is 2.47. The fraction of sp³-hybridized carbons (Fsp3) is 0.500. The Morgan fingerprint density at radius 3 is 2.67 bits per heavy atom. The second kappa shape index (κ2) is 4.11. The summed E-state index contributed by atoms with van der Waals surface area (Å²) in [6.45, 7) is 6.13. The fourth-order valence-electron chi connectivity index (χ4n) is 1.93. The molecule has 1 heterocycles. The Morgan fingerprint density at radius 1 is 1.20 bits per heavy atom. The van der Waals surface area contributed by atoms with Crippen LogP contribution in [-0.4, -0.2) is 19.8 Å². The van der Waals surface area contributed by atoms with Crippen LogP contribution in [0.5, 0.6) is 11.5 Å². The van der Waals surface area contributed by atoms with Crippen molar-refractivity contribution in [2.75, 3.05) is 19.8 Å². The van der Waals surface area contributed by atoms with Crippen LogP contribution in [0.2, 0.25) is 0 Å². The molecule has 2 rings (SSSR count). The monoisotopic (exact) mass is 207 g/mol. The highest BCUT2D eigenvalue weighted by atomic mass is 16.6. The van der Waals surface area contributed by atoms with Crippen molar-refractivity contribution in [1.82, 2.24) is 0 Å². The van der Waals surface area contributed by atoms with E-state index < -0.39 is 0 Å². The zero-order valence-corrected chi connectivity index (χ0v) is 9.30.